The van der Waals surface area contributed by atoms with Crippen molar-refractivity contribution in [1.82, 2.24) is 0 Å². The van der Waals surface area contributed by atoms with Gasteiger partial charge in [0, 0.05) is 18.7 Å². The molecule has 0 N–H and O–H groups in total. The molecule has 1 aliphatic rings. The molecule has 1 saturated heterocycles. The molecule has 0 saturated carbocycles. The molecule has 1 heterocycles. The van der Waals surface area contributed by atoms with E-state index in [1.807, 2.05) is 5.97 Å². The Balaban J connectivity index is 2.49. The monoisotopic (exact) mass is 143 g/mol. The van der Waals surface area contributed by atoms with Crippen LogP contribution < -0.4 is 0 Å². The summed E-state index contributed by atoms with van der Waals surface area (Å²) in [5, 5.41) is 8.34. The minimum absolute atomic E-state index is 0.0365. The maximum absolute atomic E-state index is 12.5. The summed E-state index contributed by atoms with van der Waals surface area (Å²) in [6.45, 7) is -0.413. The van der Waals surface area contributed by atoms with Crippen molar-refractivity contribution in [1.29, 1.82) is 5.26 Å². The highest BCUT2D eigenvalue weighted by Gasteiger charge is 2.38. The standard InChI is InChI=1S/C6H8BF2N/c8-6(9)2-1-3-7(4-6)5-10/h1-4H2. The second-order valence-electron chi connectivity index (χ2n) is 2.78. The van der Waals surface area contributed by atoms with Crippen molar-refractivity contribution in [2.45, 2.75) is 31.4 Å². The van der Waals surface area contributed by atoms with Gasteiger partial charge < -0.3 is 0 Å². The molecule has 1 fully saturated rings. The van der Waals surface area contributed by atoms with Crippen LogP contribution in [0.4, 0.5) is 8.78 Å². The molecule has 0 bridgehead atoms. The lowest BCUT2D eigenvalue weighted by Crippen LogP contribution is -2.30. The van der Waals surface area contributed by atoms with E-state index < -0.39 is 12.6 Å². The highest BCUT2D eigenvalue weighted by Crippen LogP contribution is 2.33. The largest absolute Gasteiger partial charge is 0.273 e. The lowest BCUT2D eigenvalue weighted by Gasteiger charge is -2.22. The summed E-state index contributed by atoms with van der Waals surface area (Å²) < 4.78 is 25.0. The molecule has 0 amide bonds. The zero-order valence-corrected chi connectivity index (χ0v) is 5.61. The molecular weight excluding hydrogens is 135 g/mol. The van der Waals surface area contributed by atoms with Gasteiger partial charge in [-0.25, -0.2) is 14.0 Å². The van der Waals surface area contributed by atoms with Crippen LogP contribution in [0.2, 0.25) is 12.6 Å². The van der Waals surface area contributed by atoms with Crippen LogP contribution in [0, 0.1) is 11.2 Å². The van der Waals surface area contributed by atoms with Gasteiger partial charge in [0.25, 0.3) is 6.71 Å². The van der Waals surface area contributed by atoms with E-state index in [2.05, 4.69) is 0 Å². The van der Waals surface area contributed by atoms with Crippen LogP contribution in [0.5, 0.6) is 0 Å². The van der Waals surface area contributed by atoms with Crippen molar-refractivity contribution in [2.24, 2.45) is 0 Å². The Hall–Kier alpha value is -0.585. The number of nitrogens with zero attached hydrogens (tertiary/aromatic N) is 1. The molecule has 0 unspecified atom stereocenters. The number of nitriles is 1. The van der Waals surface area contributed by atoms with Crippen LogP contribution in [0.15, 0.2) is 0 Å². The van der Waals surface area contributed by atoms with Crippen molar-refractivity contribution < 1.29 is 8.78 Å². The summed E-state index contributed by atoms with van der Waals surface area (Å²) in [4.78, 5) is 0. The molecule has 1 rings (SSSR count). The van der Waals surface area contributed by atoms with Gasteiger partial charge in [-0.3, -0.25) is 0 Å². The van der Waals surface area contributed by atoms with Gasteiger partial charge in [-0.2, -0.15) is 0 Å². The molecule has 10 heavy (non-hydrogen) atoms. The highest BCUT2D eigenvalue weighted by molar-refractivity contribution is 6.67. The molecule has 0 aromatic rings. The molecule has 0 aromatic heterocycles. The van der Waals surface area contributed by atoms with Gasteiger partial charge in [0.05, 0.1) is 0 Å². The molecule has 0 radical (unpaired) electrons. The normalized spacial score (nSPS) is 23.9. The first-order chi connectivity index (χ1) is 4.64. The third-order valence-corrected chi connectivity index (χ3v) is 1.82. The van der Waals surface area contributed by atoms with Crippen LogP contribution >= 0.6 is 0 Å². The summed E-state index contributed by atoms with van der Waals surface area (Å²) in [6.07, 6.45) is 0.867. The summed E-state index contributed by atoms with van der Waals surface area (Å²) in [6, 6.07) is 0. The van der Waals surface area contributed by atoms with Gasteiger partial charge in [0.1, 0.15) is 0 Å². The number of hydrogen-bond acceptors (Lipinski definition) is 1. The van der Waals surface area contributed by atoms with Gasteiger partial charge in [-0.1, -0.05) is 12.7 Å². The van der Waals surface area contributed by atoms with Crippen molar-refractivity contribution in [2.75, 3.05) is 0 Å². The molecule has 1 aliphatic heterocycles. The van der Waals surface area contributed by atoms with E-state index >= 15 is 0 Å². The zero-order valence-electron chi connectivity index (χ0n) is 5.61. The van der Waals surface area contributed by atoms with Crippen molar-refractivity contribution in [3.63, 3.8) is 0 Å². The molecular formula is C6H8BF2N. The smallest absolute Gasteiger partial charge is 0.213 e. The van der Waals surface area contributed by atoms with Crippen molar-refractivity contribution in [3.05, 3.63) is 0 Å². The summed E-state index contributed by atoms with van der Waals surface area (Å²) in [7, 11) is 0. The van der Waals surface area contributed by atoms with E-state index in [0.29, 0.717) is 12.7 Å². The second kappa shape index (κ2) is 2.57. The summed E-state index contributed by atoms with van der Waals surface area (Å²) >= 11 is 0. The third kappa shape index (κ3) is 1.70. The maximum atomic E-state index is 12.5. The van der Waals surface area contributed by atoms with E-state index in [1.165, 1.54) is 0 Å². The van der Waals surface area contributed by atoms with Gasteiger partial charge in [-0.15, -0.1) is 0 Å². The van der Waals surface area contributed by atoms with Crippen LogP contribution in [0.3, 0.4) is 0 Å². The SMILES string of the molecule is N#CB1CCCC(F)(F)C1. The fourth-order valence-electron chi connectivity index (χ4n) is 1.28. The van der Waals surface area contributed by atoms with E-state index in [-0.39, 0.29) is 12.7 Å². The average Bonchev–Trinajstić information content (AvgIpc) is 1.86. The summed E-state index contributed by atoms with van der Waals surface area (Å²) in [5.41, 5.74) is 0. The van der Waals surface area contributed by atoms with E-state index in [0.717, 1.165) is 0 Å². The maximum Gasteiger partial charge on any atom is 0.273 e. The first-order valence-electron chi connectivity index (χ1n) is 3.41. The van der Waals surface area contributed by atoms with Gasteiger partial charge >= 0.3 is 0 Å². The van der Waals surface area contributed by atoms with Crippen molar-refractivity contribution in [3.8, 4) is 5.97 Å². The van der Waals surface area contributed by atoms with Gasteiger partial charge in [0.15, 0.2) is 0 Å². The Bertz CT molecular complexity index is 164. The van der Waals surface area contributed by atoms with E-state index in [4.69, 9.17) is 5.26 Å². The lowest BCUT2D eigenvalue weighted by atomic mass is 9.42. The van der Waals surface area contributed by atoms with Crippen molar-refractivity contribution >= 4 is 6.71 Å². The van der Waals surface area contributed by atoms with Crippen LogP contribution in [0.25, 0.3) is 0 Å². The van der Waals surface area contributed by atoms with Crippen LogP contribution in [-0.2, 0) is 0 Å². The highest BCUT2D eigenvalue weighted by atomic mass is 19.3. The number of alkyl halides is 2. The number of rotatable bonds is 0. The molecule has 0 spiro atoms. The van der Waals surface area contributed by atoms with E-state index in [9.17, 15) is 8.78 Å². The molecule has 4 heteroatoms. The first kappa shape index (κ1) is 7.52. The summed E-state index contributed by atoms with van der Waals surface area (Å²) in [5.74, 6) is -0.691. The molecule has 0 atom stereocenters. The Kier molecular flexibility index (Phi) is 1.93. The predicted molar refractivity (Wildman–Crippen MR) is 35.2 cm³/mol. The van der Waals surface area contributed by atoms with Crippen LogP contribution in [0.1, 0.15) is 12.8 Å². The zero-order chi connectivity index (χ0) is 7.61. The second-order valence-corrected chi connectivity index (χ2v) is 2.78. The Morgan fingerprint density at radius 3 is 2.60 bits per heavy atom. The van der Waals surface area contributed by atoms with Crippen LogP contribution in [-0.4, -0.2) is 12.6 Å². The third-order valence-electron chi connectivity index (χ3n) is 1.82. The van der Waals surface area contributed by atoms with E-state index in [1.54, 1.807) is 0 Å². The molecule has 1 nitrogen and oxygen atoms in total. The van der Waals surface area contributed by atoms with Gasteiger partial charge in [0.2, 0.25) is 5.92 Å². The molecule has 54 valence electrons. The average molecular weight is 143 g/mol. The molecule has 0 aliphatic carbocycles. The minimum Gasteiger partial charge on any atom is -0.213 e. The lowest BCUT2D eigenvalue weighted by molar-refractivity contribution is 0.00736. The first-order valence-corrected chi connectivity index (χ1v) is 3.41. The minimum atomic E-state index is -2.57. The fraction of sp³-hybridized carbons (Fsp3) is 0.833. The number of hydrogen-bond donors (Lipinski definition) is 0. The molecule has 0 aromatic carbocycles. The van der Waals surface area contributed by atoms with Gasteiger partial charge in [-0.05, 0) is 0 Å². The quantitative estimate of drug-likeness (QED) is 0.475. The fourth-order valence-corrected chi connectivity index (χ4v) is 1.28. The number of halogens is 2. The topological polar surface area (TPSA) is 23.8 Å². The predicted octanol–water partition coefficient (Wildman–Crippen LogP) is 1.97. The Morgan fingerprint density at radius 1 is 1.50 bits per heavy atom. The Morgan fingerprint density at radius 2 is 2.20 bits per heavy atom. The Labute approximate surface area is 59.1 Å².